The van der Waals surface area contributed by atoms with Gasteiger partial charge < -0.3 is 16.2 Å². The maximum Gasteiger partial charge on any atom is 0.326 e. The molecule has 0 saturated carbocycles. The minimum Gasteiger partial charge on any atom is -0.480 e. The lowest BCUT2D eigenvalue weighted by atomic mass is 10.1. The Balaban J connectivity index is 4.35. The van der Waals surface area contributed by atoms with Gasteiger partial charge in [-0.1, -0.05) is 13.8 Å². The fourth-order valence-electron chi connectivity index (χ4n) is 0.901. The number of carbonyl (C=O) groups is 3. The van der Waals surface area contributed by atoms with Crippen LogP contribution in [0.4, 0.5) is 0 Å². The maximum atomic E-state index is 11.3. The van der Waals surface area contributed by atoms with Crippen molar-refractivity contribution in [3.8, 4) is 0 Å². The predicted octanol–water partition coefficient (Wildman–Crippen LogP) is -0.523. The highest BCUT2D eigenvalue weighted by Crippen LogP contribution is 2.02. The molecule has 0 aromatic heterocycles. The van der Waals surface area contributed by atoms with E-state index in [2.05, 4.69) is 5.32 Å². The van der Waals surface area contributed by atoms with Gasteiger partial charge >= 0.3 is 5.97 Å². The second-order valence-electron chi connectivity index (χ2n) is 3.38. The smallest absolute Gasteiger partial charge is 0.326 e. The molecule has 0 radical (unpaired) electrons. The van der Waals surface area contributed by atoms with E-state index in [1.165, 1.54) is 0 Å². The molecule has 0 rings (SSSR count). The first-order chi connectivity index (χ1) is 6.88. The van der Waals surface area contributed by atoms with Gasteiger partial charge in [-0.15, -0.1) is 0 Å². The van der Waals surface area contributed by atoms with E-state index in [0.717, 1.165) is 0 Å². The Kier molecular flexibility index (Phi) is 5.36. The average Bonchev–Trinajstić information content (AvgIpc) is 2.14. The summed E-state index contributed by atoms with van der Waals surface area (Å²) in [6.45, 7) is 3.49. The zero-order valence-electron chi connectivity index (χ0n) is 8.82. The van der Waals surface area contributed by atoms with Crippen molar-refractivity contribution >= 4 is 17.8 Å². The molecule has 6 heteroatoms. The lowest BCUT2D eigenvalue weighted by Gasteiger charge is -2.15. The van der Waals surface area contributed by atoms with Crippen LogP contribution in [0.15, 0.2) is 0 Å². The third-order valence-corrected chi connectivity index (χ3v) is 2.08. The number of primary amides is 1. The number of hydrogen-bond donors (Lipinski definition) is 3. The molecule has 2 amide bonds. The Morgan fingerprint density at radius 2 is 1.93 bits per heavy atom. The van der Waals surface area contributed by atoms with Crippen LogP contribution in [-0.2, 0) is 14.4 Å². The van der Waals surface area contributed by atoms with Crippen LogP contribution in [0.1, 0.15) is 26.7 Å². The second-order valence-corrected chi connectivity index (χ2v) is 3.38. The number of hydrogen-bond acceptors (Lipinski definition) is 3. The fourth-order valence-corrected chi connectivity index (χ4v) is 0.901. The van der Waals surface area contributed by atoms with Crippen LogP contribution in [0, 0.1) is 5.92 Å². The number of amides is 2. The molecule has 0 aliphatic rings. The van der Waals surface area contributed by atoms with E-state index in [9.17, 15) is 14.4 Å². The van der Waals surface area contributed by atoms with Crippen molar-refractivity contribution in [3.05, 3.63) is 0 Å². The third-order valence-electron chi connectivity index (χ3n) is 2.08. The van der Waals surface area contributed by atoms with E-state index in [4.69, 9.17) is 10.8 Å². The van der Waals surface area contributed by atoms with Crippen molar-refractivity contribution < 1.29 is 19.5 Å². The summed E-state index contributed by atoms with van der Waals surface area (Å²) < 4.78 is 0. The first-order valence-electron chi connectivity index (χ1n) is 4.70. The molecule has 0 bridgehead atoms. The summed E-state index contributed by atoms with van der Waals surface area (Å²) in [5, 5.41) is 11.0. The zero-order chi connectivity index (χ0) is 12.0. The molecule has 0 spiro atoms. The SMILES string of the molecule is CCC(C)C(=O)NC(CC(N)=O)C(=O)O. The van der Waals surface area contributed by atoms with Gasteiger partial charge in [0.15, 0.2) is 0 Å². The van der Waals surface area contributed by atoms with E-state index < -0.39 is 24.3 Å². The lowest BCUT2D eigenvalue weighted by Crippen LogP contribution is -2.45. The predicted molar refractivity (Wildman–Crippen MR) is 52.8 cm³/mol. The lowest BCUT2D eigenvalue weighted by molar-refractivity contribution is -0.143. The van der Waals surface area contributed by atoms with E-state index in [1.807, 2.05) is 6.92 Å². The van der Waals surface area contributed by atoms with Crippen molar-refractivity contribution in [2.45, 2.75) is 32.7 Å². The van der Waals surface area contributed by atoms with Crippen LogP contribution in [0.25, 0.3) is 0 Å². The molecule has 0 aliphatic carbocycles. The summed E-state index contributed by atoms with van der Waals surface area (Å²) in [6, 6.07) is -1.23. The summed E-state index contributed by atoms with van der Waals surface area (Å²) >= 11 is 0. The molecule has 0 aromatic rings. The summed E-state index contributed by atoms with van der Waals surface area (Å²) in [7, 11) is 0. The summed E-state index contributed by atoms with van der Waals surface area (Å²) in [5.41, 5.74) is 4.86. The van der Waals surface area contributed by atoms with Gasteiger partial charge in [-0.25, -0.2) is 4.79 Å². The molecule has 2 unspecified atom stereocenters. The molecule has 86 valence electrons. The first-order valence-corrected chi connectivity index (χ1v) is 4.70. The van der Waals surface area contributed by atoms with Gasteiger partial charge in [-0.05, 0) is 6.42 Å². The van der Waals surface area contributed by atoms with Gasteiger partial charge in [-0.2, -0.15) is 0 Å². The molecule has 0 aliphatic heterocycles. The first kappa shape index (κ1) is 13.4. The third kappa shape index (κ3) is 4.99. The van der Waals surface area contributed by atoms with Crippen molar-refractivity contribution in [2.24, 2.45) is 11.7 Å². The number of carboxylic acids is 1. The molecule has 6 nitrogen and oxygen atoms in total. The number of nitrogens with two attached hydrogens (primary N) is 1. The number of carbonyl (C=O) groups excluding carboxylic acids is 2. The van der Waals surface area contributed by atoms with Gasteiger partial charge in [0.05, 0.1) is 6.42 Å². The summed E-state index contributed by atoms with van der Waals surface area (Å²) in [6.07, 6.45) is 0.215. The quantitative estimate of drug-likeness (QED) is 0.554. The highest BCUT2D eigenvalue weighted by Gasteiger charge is 2.23. The Morgan fingerprint density at radius 1 is 1.40 bits per heavy atom. The summed E-state index contributed by atoms with van der Waals surface area (Å²) in [5.74, 6) is -2.68. The van der Waals surface area contributed by atoms with Crippen LogP contribution >= 0.6 is 0 Å². The number of rotatable bonds is 6. The second kappa shape index (κ2) is 6.00. The van der Waals surface area contributed by atoms with E-state index in [-0.39, 0.29) is 11.8 Å². The Bertz CT molecular complexity index is 265. The molecule has 0 aromatic carbocycles. The number of nitrogens with one attached hydrogen (secondary N) is 1. The minimum atomic E-state index is -1.26. The van der Waals surface area contributed by atoms with E-state index >= 15 is 0 Å². The molecule has 4 N–H and O–H groups in total. The number of aliphatic carboxylic acids is 1. The maximum absolute atomic E-state index is 11.3. The van der Waals surface area contributed by atoms with Crippen LogP contribution < -0.4 is 11.1 Å². The van der Waals surface area contributed by atoms with Crippen molar-refractivity contribution in [3.63, 3.8) is 0 Å². The van der Waals surface area contributed by atoms with Gasteiger partial charge in [0.25, 0.3) is 0 Å². The Labute approximate surface area is 87.8 Å². The van der Waals surface area contributed by atoms with Crippen LogP contribution in [0.3, 0.4) is 0 Å². The van der Waals surface area contributed by atoms with Crippen LogP contribution in [0.2, 0.25) is 0 Å². The number of carboxylic acid groups (broad SMARTS) is 1. The summed E-state index contributed by atoms with van der Waals surface area (Å²) in [4.78, 5) is 32.5. The Morgan fingerprint density at radius 3 is 2.27 bits per heavy atom. The fraction of sp³-hybridized carbons (Fsp3) is 0.667. The molecule has 15 heavy (non-hydrogen) atoms. The molecule has 0 saturated heterocycles. The molecule has 0 heterocycles. The Hall–Kier alpha value is -1.59. The normalized spacial score (nSPS) is 14.0. The molecular weight excluding hydrogens is 200 g/mol. The molecule has 0 fully saturated rings. The minimum absolute atomic E-state index is 0.278. The standard InChI is InChI=1S/C9H16N2O4/c1-3-5(2)8(13)11-6(9(14)15)4-7(10)12/h5-6H,3-4H2,1-2H3,(H2,10,12)(H,11,13)(H,14,15). The van der Waals surface area contributed by atoms with E-state index in [1.54, 1.807) is 6.92 Å². The van der Waals surface area contributed by atoms with Crippen molar-refractivity contribution in [1.82, 2.24) is 5.32 Å². The van der Waals surface area contributed by atoms with Gasteiger partial charge in [0.2, 0.25) is 11.8 Å². The van der Waals surface area contributed by atoms with Gasteiger partial charge in [0.1, 0.15) is 6.04 Å². The average molecular weight is 216 g/mol. The molecular formula is C9H16N2O4. The topological polar surface area (TPSA) is 109 Å². The highest BCUT2D eigenvalue weighted by atomic mass is 16.4. The van der Waals surface area contributed by atoms with Gasteiger partial charge in [0, 0.05) is 5.92 Å². The van der Waals surface area contributed by atoms with E-state index in [0.29, 0.717) is 6.42 Å². The van der Waals surface area contributed by atoms with Gasteiger partial charge in [-0.3, -0.25) is 9.59 Å². The van der Waals surface area contributed by atoms with Crippen LogP contribution in [-0.4, -0.2) is 28.9 Å². The van der Waals surface area contributed by atoms with Crippen LogP contribution in [0.5, 0.6) is 0 Å². The highest BCUT2D eigenvalue weighted by molar-refractivity contribution is 5.88. The molecule has 2 atom stereocenters. The van der Waals surface area contributed by atoms with Crippen molar-refractivity contribution in [2.75, 3.05) is 0 Å². The van der Waals surface area contributed by atoms with Crippen molar-refractivity contribution in [1.29, 1.82) is 0 Å². The zero-order valence-corrected chi connectivity index (χ0v) is 8.82. The monoisotopic (exact) mass is 216 g/mol. The largest absolute Gasteiger partial charge is 0.480 e.